The number of benzene rings is 2. The number of ether oxygens (including phenoxy) is 1. The first-order chi connectivity index (χ1) is 14.9. The Morgan fingerprint density at radius 1 is 0.935 bits per heavy atom. The van der Waals surface area contributed by atoms with Gasteiger partial charge in [0.2, 0.25) is 0 Å². The minimum absolute atomic E-state index is 0.0927. The van der Waals surface area contributed by atoms with E-state index in [1.165, 1.54) is 4.90 Å². The molecule has 0 unspecified atom stereocenters. The number of hydrogen-bond acceptors (Lipinski definition) is 4. The summed E-state index contributed by atoms with van der Waals surface area (Å²) in [6, 6.07) is 16.8. The molecule has 1 aromatic heterocycles. The molecule has 0 spiro atoms. The monoisotopic (exact) mass is 429 g/mol. The smallest absolute Gasteiger partial charge is 0.421 e. The van der Waals surface area contributed by atoms with Crippen LogP contribution in [0.15, 0.2) is 60.8 Å². The van der Waals surface area contributed by atoms with Crippen LogP contribution in [0.1, 0.15) is 43.4 Å². The van der Waals surface area contributed by atoms with Gasteiger partial charge >= 0.3 is 12.2 Å². The Labute approximate surface area is 180 Å². The van der Waals surface area contributed by atoms with Crippen LogP contribution in [0.3, 0.4) is 0 Å². The molecular weight excluding hydrogens is 403 g/mol. The van der Waals surface area contributed by atoms with Gasteiger partial charge < -0.3 is 9.64 Å². The Hall–Kier alpha value is -3.09. The molecule has 0 aliphatic carbocycles. The zero-order valence-corrected chi connectivity index (χ0v) is 17.7. The lowest BCUT2D eigenvalue weighted by Crippen LogP contribution is -2.23. The maximum atomic E-state index is 13.7. The molecule has 0 amide bonds. The topological polar surface area (TPSA) is 38.2 Å². The fraction of sp³-hybridized carbons (Fsp3) is 0.333. The number of halogens is 3. The third-order valence-electron chi connectivity index (χ3n) is 4.90. The Morgan fingerprint density at radius 2 is 1.65 bits per heavy atom. The molecule has 31 heavy (non-hydrogen) atoms. The average molecular weight is 429 g/mol. The summed E-state index contributed by atoms with van der Waals surface area (Å²) in [6.07, 6.45) is -0.683. The van der Waals surface area contributed by atoms with Crippen LogP contribution in [0.5, 0.6) is 6.01 Å². The first-order valence-electron chi connectivity index (χ1n) is 10.4. The van der Waals surface area contributed by atoms with Crippen LogP contribution in [-0.4, -0.2) is 16.5 Å². The van der Waals surface area contributed by atoms with Crippen molar-refractivity contribution in [2.75, 3.05) is 11.4 Å². The van der Waals surface area contributed by atoms with Crippen molar-refractivity contribution < 1.29 is 17.9 Å². The van der Waals surface area contributed by atoms with Crippen molar-refractivity contribution in [2.45, 2.75) is 45.9 Å². The van der Waals surface area contributed by atoms with Crippen LogP contribution in [-0.2, 0) is 19.2 Å². The van der Waals surface area contributed by atoms with Gasteiger partial charge in [0.05, 0.1) is 0 Å². The molecule has 0 aliphatic rings. The van der Waals surface area contributed by atoms with Crippen LogP contribution < -0.4 is 9.64 Å². The van der Waals surface area contributed by atoms with E-state index in [0.717, 1.165) is 36.6 Å². The van der Waals surface area contributed by atoms with E-state index < -0.39 is 11.7 Å². The highest BCUT2D eigenvalue weighted by atomic mass is 19.4. The van der Waals surface area contributed by atoms with E-state index in [2.05, 4.69) is 16.9 Å². The molecule has 0 atom stereocenters. The number of aromatic nitrogens is 2. The third-order valence-corrected chi connectivity index (χ3v) is 4.90. The van der Waals surface area contributed by atoms with Crippen molar-refractivity contribution in [3.05, 3.63) is 77.5 Å². The van der Waals surface area contributed by atoms with Crippen LogP contribution in [0, 0.1) is 0 Å². The zero-order chi connectivity index (χ0) is 22.3. The predicted octanol–water partition coefficient (Wildman–Crippen LogP) is 6.58. The summed E-state index contributed by atoms with van der Waals surface area (Å²) >= 11 is 0. The Kier molecular flexibility index (Phi) is 7.50. The van der Waals surface area contributed by atoms with Crippen LogP contribution in [0.25, 0.3) is 0 Å². The lowest BCUT2D eigenvalue weighted by Gasteiger charge is -2.25. The number of anilines is 2. The first-order valence-corrected chi connectivity index (χ1v) is 10.4. The van der Waals surface area contributed by atoms with Gasteiger partial charge in [-0.1, -0.05) is 55.8 Å². The van der Waals surface area contributed by atoms with Crippen molar-refractivity contribution in [3.63, 3.8) is 0 Å². The Morgan fingerprint density at radius 3 is 2.26 bits per heavy atom. The molecule has 0 bridgehead atoms. The van der Waals surface area contributed by atoms with E-state index in [4.69, 9.17) is 4.74 Å². The van der Waals surface area contributed by atoms with Crippen LogP contribution in [0.4, 0.5) is 24.7 Å². The molecule has 0 radical (unpaired) electrons. The highest BCUT2D eigenvalue weighted by Crippen LogP contribution is 2.38. The number of alkyl halides is 3. The Bertz CT molecular complexity index is 960. The molecular formula is C24H26F3N3O. The normalized spacial score (nSPS) is 11.4. The second-order valence-electron chi connectivity index (χ2n) is 7.18. The standard InChI is InChI=1S/C24H26F3N3O/c1-3-5-9-18-12-14-20(15-13-18)30(4-2)22-21(24(25,26)27)16-28-23(29-22)31-17-19-10-7-6-8-11-19/h6-8,10-16H,3-5,9,17H2,1-2H3. The molecule has 4 nitrogen and oxygen atoms in total. The van der Waals surface area contributed by atoms with Crippen molar-refractivity contribution in [1.82, 2.24) is 9.97 Å². The molecule has 0 saturated carbocycles. The summed E-state index contributed by atoms with van der Waals surface area (Å²) in [6.45, 7) is 4.40. The SMILES string of the molecule is CCCCc1ccc(N(CC)c2nc(OCc3ccccc3)ncc2C(F)(F)F)cc1. The van der Waals surface area contributed by atoms with Gasteiger partial charge in [0.25, 0.3) is 0 Å². The van der Waals surface area contributed by atoms with Gasteiger partial charge in [0.15, 0.2) is 5.82 Å². The van der Waals surface area contributed by atoms with Crippen molar-refractivity contribution >= 4 is 11.5 Å². The maximum absolute atomic E-state index is 13.7. The maximum Gasteiger partial charge on any atom is 0.421 e. The lowest BCUT2D eigenvalue weighted by molar-refractivity contribution is -0.137. The molecule has 0 aliphatic heterocycles. The molecule has 3 rings (SSSR count). The van der Waals surface area contributed by atoms with E-state index >= 15 is 0 Å². The van der Waals surface area contributed by atoms with Crippen LogP contribution in [0.2, 0.25) is 0 Å². The highest BCUT2D eigenvalue weighted by molar-refractivity contribution is 5.63. The van der Waals surface area contributed by atoms with Crippen molar-refractivity contribution in [2.24, 2.45) is 0 Å². The fourth-order valence-electron chi connectivity index (χ4n) is 3.23. The van der Waals surface area contributed by atoms with Gasteiger partial charge in [0, 0.05) is 18.4 Å². The molecule has 0 N–H and O–H groups in total. The average Bonchev–Trinajstić information content (AvgIpc) is 2.78. The quantitative estimate of drug-likeness (QED) is 0.385. The summed E-state index contributed by atoms with van der Waals surface area (Å²) in [7, 11) is 0. The summed E-state index contributed by atoms with van der Waals surface area (Å²) in [5.74, 6) is -0.214. The molecule has 1 heterocycles. The van der Waals surface area contributed by atoms with Crippen molar-refractivity contribution in [1.29, 1.82) is 0 Å². The molecule has 164 valence electrons. The third kappa shape index (κ3) is 5.96. The minimum atomic E-state index is -4.58. The molecule has 0 fully saturated rings. The second kappa shape index (κ2) is 10.3. The minimum Gasteiger partial charge on any atom is -0.459 e. The highest BCUT2D eigenvalue weighted by Gasteiger charge is 2.37. The number of hydrogen-bond donors (Lipinski definition) is 0. The number of nitrogens with zero attached hydrogens (tertiary/aromatic N) is 3. The Balaban J connectivity index is 1.91. The van der Waals surface area contributed by atoms with E-state index in [1.54, 1.807) is 6.92 Å². The summed E-state index contributed by atoms with van der Waals surface area (Å²) in [5.41, 5.74) is 1.78. The second-order valence-corrected chi connectivity index (χ2v) is 7.18. The molecule has 7 heteroatoms. The fourth-order valence-corrected chi connectivity index (χ4v) is 3.23. The van der Waals surface area contributed by atoms with E-state index in [0.29, 0.717) is 12.2 Å². The van der Waals surface area contributed by atoms with E-state index in [-0.39, 0.29) is 18.4 Å². The van der Waals surface area contributed by atoms with Crippen LogP contribution >= 0.6 is 0 Å². The van der Waals surface area contributed by atoms with E-state index in [1.807, 2.05) is 54.6 Å². The number of unbranched alkanes of at least 4 members (excludes halogenated alkanes) is 1. The number of aryl methyl sites for hydroxylation is 1. The van der Waals surface area contributed by atoms with Gasteiger partial charge in [-0.3, -0.25) is 0 Å². The predicted molar refractivity (Wildman–Crippen MR) is 116 cm³/mol. The molecule has 0 saturated heterocycles. The summed E-state index contributed by atoms with van der Waals surface area (Å²) in [4.78, 5) is 9.48. The van der Waals surface area contributed by atoms with Gasteiger partial charge in [-0.15, -0.1) is 0 Å². The zero-order valence-electron chi connectivity index (χ0n) is 17.7. The van der Waals surface area contributed by atoms with Gasteiger partial charge in [-0.2, -0.15) is 18.2 Å². The summed E-state index contributed by atoms with van der Waals surface area (Å²) < 4.78 is 46.7. The largest absolute Gasteiger partial charge is 0.459 e. The van der Waals surface area contributed by atoms with Gasteiger partial charge in [-0.05, 0) is 43.0 Å². The number of rotatable bonds is 9. The summed E-state index contributed by atoms with van der Waals surface area (Å²) in [5, 5.41) is 0. The van der Waals surface area contributed by atoms with Gasteiger partial charge in [-0.25, -0.2) is 4.98 Å². The van der Waals surface area contributed by atoms with Gasteiger partial charge in [0.1, 0.15) is 12.2 Å². The first kappa shape index (κ1) is 22.6. The lowest BCUT2D eigenvalue weighted by atomic mass is 10.1. The van der Waals surface area contributed by atoms with E-state index in [9.17, 15) is 13.2 Å². The molecule has 2 aromatic carbocycles. The van der Waals surface area contributed by atoms with Crippen molar-refractivity contribution in [3.8, 4) is 6.01 Å². The molecule has 3 aromatic rings.